The number of hydrogen-bond acceptors (Lipinski definition) is 6. The summed E-state index contributed by atoms with van der Waals surface area (Å²) < 4.78 is 37.9. The standard InChI is InChI=1S/C15H15N3O5S/c1-9-3-4-10(22-2)12(7-9)24(20,21)18-13-6-5-11-15(16-13)17-14(19)8-23-11/h3-7H,8H2,1-2H3,(H2,16,17,18,19). The number of amides is 1. The third-order valence-electron chi connectivity index (χ3n) is 3.32. The lowest BCUT2D eigenvalue weighted by molar-refractivity contribution is -0.118. The number of nitrogens with one attached hydrogen (secondary N) is 2. The zero-order valence-electron chi connectivity index (χ0n) is 13.0. The van der Waals surface area contributed by atoms with Crippen molar-refractivity contribution in [2.75, 3.05) is 23.8 Å². The largest absolute Gasteiger partial charge is 0.495 e. The summed E-state index contributed by atoms with van der Waals surface area (Å²) in [4.78, 5) is 15.4. The van der Waals surface area contributed by atoms with Gasteiger partial charge in [0.05, 0.1) is 7.11 Å². The van der Waals surface area contributed by atoms with Crippen LogP contribution in [-0.2, 0) is 14.8 Å². The molecule has 0 spiro atoms. The van der Waals surface area contributed by atoms with Crippen molar-refractivity contribution >= 4 is 27.6 Å². The minimum atomic E-state index is -3.91. The highest BCUT2D eigenvalue weighted by Crippen LogP contribution is 2.30. The molecule has 0 radical (unpaired) electrons. The van der Waals surface area contributed by atoms with Crippen LogP contribution in [0.5, 0.6) is 11.5 Å². The predicted molar refractivity (Wildman–Crippen MR) is 86.9 cm³/mol. The van der Waals surface area contributed by atoms with Crippen LogP contribution in [0.25, 0.3) is 0 Å². The van der Waals surface area contributed by atoms with Crippen molar-refractivity contribution in [2.45, 2.75) is 11.8 Å². The normalized spacial score (nSPS) is 13.5. The quantitative estimate of drug-likeness (QED) is 0.867. The molecular formula is C15H15N3O5S. The Morgan fingerprint density at radius 1 is 1.29 bits per heavy atom. The van der Waals surface area contributed by atoms with Gasteiger partial charge in [-0.05, 0) is 36.8 Å². The molecular weight excluding hydrogens is 334 g/mol. The number of sulfonamides is 1. The first-order valence-electron chi connectivity index (χ1n) is 7.00. The number of anilines is 2. The summed E-state index contributed by atoms with van der Waals surface area (Å²) in [6.07, 6.45) is 0. The van der Waals surface area contributed by atoms with Crippen LogP contribution in [0.4, 0.5) is 11.6 Å². The van der Waals surface area contributed by atoms with Crippen LogP contribution in [0.2, 0.25) is 0 Å². The lowest BCUT2D eigenvalue weighted by atomic mass is 10.2. The van der Waals surface area contributed by atoms with Crippen LogP contribution in [-0.4, -0.2) is 33.0 Å². The van der Waals surface area contributed by atoms with Gasteiger partial charge < -0.3 is 14.8 Å². The van der Waals surface area contributed by atoms with Crippen molar-refractivity contribution in [1.29, 1.82) is 0 Å². The molecule has 2 heterocycles. The number of methoxy groups -OCH3 is 1. The van der Waals surface area contributed by atoms with Gasteiger partial charge in [-0.2, -0.15) is 0 Å². The number of pyridine rings is 1. The fourth-order valence-electron chi connectivity index (χ4n) is 2.21. The molecule has 2 aromatic rings. The molecule has 0 aliphatic carbocycles. The third-order valence-corrected chi connectivity index (χ3v) is 4.70. The fraction of sp³-hybridized carbons (Fsp3) is 0.200. The molecule has 1 aliphatic rings. The van der Waals surface area contributed by atoms with Crippen LogP contribution in [0, 0.1) is 6.92 Å². The Hall–Kier alpha value is -2.81. The highest BCUT2D eigenvalue weighted by molar-refractivity contribution is 7.92. The van der Waals surface area contributed by atoms with Gasteiger partial charge in [-0.3, -0.25) is 9.52 Å². The second-order valence-corrected chi connectivity index (χ2v) is 6.79. The van der Waals surface area contributed by atoms with Gasteiger partial charge in [-0.1, -0.05) is 6.07 Å². The molecule has 1 aromatic heterocycles. The molecule has 1 amide bonds. The summed E-state index contributed by atoms with van der Waals surface area (Å²) in [5.41, 5.74) is 0.773. The maximum Gasteiger partial charge on any atom is 0.266 e. The molecule has 0 saturated carbocycles. The van der Waals surface area contributed by atoms with Crippen molar-refractivity contribution in [1.82, 2.24) is 4.98 Å². The molecule has 3 rings (SSSR count). The van der Waals surface area contributed by atoms with E-state index < -0.39 is 10.0 Å². The first kappa shape index (κ1) is 16.1. The summed E-state index contributed by atoms with van der Waals surface area (Å²) in [6, 6.07) is 7.83. The van der Waals surface area contributed by atoms with Crippen molar-refractivity contribution in [2.24, 2.45) is 0 Å². The fourth-order valence-corrected chi connectivity index (χ4v) is 3.46. The average Bonchev–Trinajstić information content (AvgIpc) is 2.54. The van der Waals surface area contributed by atoms with E-state index in [9.17, 15) is 13.2 Å². The molecule has 24 heavy (non-hydrogen) atoms. The number of hydrogen-bond donors (Lipinski definition) is 2. The maximum absolute atomic E-state index is 12.6. The van der Waals surface area contributed by atoms with E-state index in [0.717, 1.165) is 5.56 Å². The van der Waals surface area contributed by atoms with Crippen molar-refractivity contribution < 1.29 is 22.7 Å². The Morgan fingerprint density at radius 2 is 2.08 bits per heavy atom. The first-order chi connectivity index (χ1) is 11.4. The number of benzene rings is 1. The molecule has 0 atom stereocenters. The lowest BCUT2D eigenvalue weighted by Crippen LogP contribution is -2.26. The Kier molecular flexibility index (Phi) is 4.02. The summed E-state index contributed by atoms with van der Waals surface area (Å²) in [5, 5.41) is 2.52. The van der Waals surface area contributed by atoms with E-state index in [4.69, 9.17) is 9.47 Å². The van der Waals surface area contributed by atoms with E-state index >= 15 is 0 Å². The highest BCUT2D eigenvalue weighted by Gasteiger charge is 2.22. The number of fused-ring (bicyclic) bond motifs is 1. The first-order valence-corrected chi connectivity index (χ1v) is 8.48. The number of ether oxygens (including phenoxy) is 2. The van der Waals surface area contributed by atoms with Gasteiger partial charge in [0.2, 0.25) is 0 Å². The van der Waals surface area contributed by atoms with Crippen LogP contribution < -0.4 is 19.5 Å². The molecule has 1 aromatic carbocycles. The van der Waals surface area contributed by atoms with Crippen molar-refractivity contribution in [3.63, 3.8) is 0 Å². The van der Waals surface area contributed by atoms with Gasteiger partial charge >= 0.3 is 0 Å². The average molecular weight is 349 g/mol. The number of carbonyl (C=O) groups excluding carboxylic acids is 1. The van der Waals surface area contributed by atoms with Gasteiger partial charge in [0.25, 0.3) is 15.9 Å². The van der Waals surface area contributed by atoms with E-state index in [1.807, 2.05) is 0 Å². The SMILES string of the molecule is COc1ccc(C)cc1S(=O)(=O)Nc1ccc2c(n1)NC(=O)CO2. The number of rotatable bonds is 4. The minimum absolute atomic E-state index is 0.00445. The second kappa shape index (κ2) is 6.00. The summed E-state index contributed by atoms with van der Waals surface area (Å²) >= 11 is 0. The van der Waals surface area contributed by atoms with E-state index in [0.29, 0.717) is 5.75 Å². The minimum Gasteiger partial charge on any atom is -0.495 e. The molecule has 1 aliphatic heterocycles. The Balaban J connectivity index is 1.94. The summed E-state index contributed by atoms with van der Waals surface area (Å²) in [6.45, 7) is 1.68. The van der Waals surface area contributed by atoms with Gasteiger partial charge in [-0.15, -0.1) is 0 Å². The molecule has 126 valence electrons. The van der Waals surface area contributed by atoms with Gasteiger partial charge in [0.15, 0.2) is 18.2 Å². The molecule has 8 nitrogen and oxygen atoms in total. The van der Waals surface area contributed by atoms with Crippen LogP contribution >= 0.6 is 0 Å². The van der Waals surface area contributed by atoms with Gasteiger partial charge in [0, 0.05) is 0 Å². The number of aryl methyl sites for hydroxylation is 1. The topological polar surface area (TPSA) is 107 Å². The zero-order chi connectivity index (χ0) is 17.3. The Bertz CT molecular complexity index is 911. The predicted octanol–water partition coefficient (Wildman–Crippen LogP) is 1.53. The zero-order valence-corrected chi connectivity index (χ0v) is 13.8. The van der Waals surface area contributed by atoms with E-state index in [-0.39, 0.29) is 34.8 Å². The molecule has 9 heteroatoms. The van der Waals surface area contributed by atoms with Gasteiger partial charge in [-0.25, -0.2) is 13.4 Å². The molecule has 2 N–H and O–H groups in total. The summed E-state index contributed by atoms with van der Waals surface area (Å²) in [7, 11) is -2.51. The van der Waals surface area contributed by atoms with Crippen LogP contribution in [0.1, 0.15) is 5.56 Å². The lowest BCUT2D eigenvalue weighted by Gasteiger charge is -2.18. The Labute approximate surface area is 138 Å². The van der Waals surface area contributed by atoms with Crippen LogP contribution in [0.3, 0.4) is 0 Å². The third kappa shape index (κ3) is 3.11. The van der Waals surface area contributed by atoms with E-state index in [1.165, 1.54) is 25.3 Å². The molecule has 0 unspecified atom stereocenters. The van der Waals surface area contributed by atoms with Gasteiger partial charge in [0.1, 0.15) is 16.5 Å². The Morgan fingerprint density at radius 3 is 2.83 bits per heavy atom. The molecule has 0 fully saturated rings. The van der Waals surface area contributed by atoms with E-state index in [1.54, 1.807) is 19.1 Å². The van der Waals surface area contributed by atoms with Crippen molar-refractivity contribution in [3.8, 4) is 11.5 Å². The summed E-state index contributed by atoms with van der Waals surface area (Å²) in [5.74, 6) is 0.481. The number of aromatic nitrogens is 1. The molecule has 0 bridgehead atoms. The van der Waals surface area contributed by atoms with Crippen molar-refractivity contribution in [3.05, 3.63) is 35.9 Å². The monoisotopic (exact) mass is 349 g/mol. The smallest absolute Gasteiger partial charge is 0.266 e. The number of carbonyl (C=O) groups is 1. The highest BCUT2D eigenvalue weighted by atomic mass is 32.2. The second-order valence-electron chi connectivity index (χ2n) is 5.14. The maximum atomic E-state index is 12.6. The van der Waals surface area contributed by atoms with E-state index in [2.05, 4.69) is 15.0 Å². The van der Waals surface area contributed by atoms with Crippen LogP contribution in [0.15, 0.2) is 35.2 Å². The molecule has 0 saturated heterocycles. The number of nitrogens with zero attached hydrogens (tertiary/aromatic N) is 1.